The number of phenolic OH excluding ortho intramolecular Hbond substituents is 1. The first-order chi connectivity index (χ1) is 7.09. The molecule has 1 fully saturated rings. The summed E-state index contributed by atoms with van der Waals surface area (Å²) in [4.78, 5) is 0. The molecule has 1 aliphatic rings. The summed E-state index contributed by atoms with van der Waals surface area (Å²) in [5.41, 5.74) is 9.74. The Hall–Kier alpha value is -1.02. The molecule has 0 aromatic heterocycles. The number of benzene rings is 1. The van der Waals surface area contributed by atoms with E-state index in [0.29, 0.717) is 11.7 Å². The Balaban J connectivity index is 2.33. The van der Waals surface area contributed by atoms with Crippen LogP contribution in [0.25, 0.3) is 0 Å². The van der Waals surface area contributed by atoms with Gasteiger partial charge in [-0.3, -0.25) is 0 Å². The molecule has 1 atom stereocenters. The van der Waals surface area contributed by atoms with Crippen LogP contribution in [0.3, 0.4) is 0 Å². The Morgan fingerprint density at radius 2 is 1.80 bits per heavy atom. The van der Waals surface area contributed by atoms with Crippen LogP contribution in [-0.4, -0.2) is 5.11 Å². The molecule has 0 amide bonds. The third-order valence-corrected chi connectivity index (χ3v) is 3.57. The normalized spacial score (nSPS) is 18.6. The molecule has 2 rings (SSSR count). The summed E-state index contributed by atoms with van der Waals surface area (Å²) in [6.07, 6.45) is 3.82. The van der Waals surface area contributed by atoms with E-state index in [9.17, 15) is 5.11 Å². The number of aromatic hydroxyl groups is 1. The molecule has 0 heterocycles. The van der Waals surface area contributed by atoms with Crippen LogP contribution in [0.2, 0.25) is 0 Å². The van der Waals surface area contributed by atoms with Gasteiger partial charge in [-0.05, 0) is 61.4 Å². The van der Waals surface area contributed by atoms with Gasteiger partial charge in [-0.15, -0.1) is 0 Å². The lowest BCUT2D eigenvalue weighted by atomic mass is 9.76. The molecular formula is C13H19NO. The van der Waals surface area contributed by atoms with Gasteiger partial charge in [0, 0.05) is 6.04 Å². The number of rotatable bonds is 2. The summed E-state index contributed by atoms with van der Waals surface area (Å²) >= 11 is 0. The van der Waals surface area contributed by atoms with Gasteiger partial charge in [-0.2, -0.15) is 0 Å². The zero-order valence-corrected chi connectivity index (χ0v) is 9.46. The van der Waals surface area contributed by atoms with Crippen LogP contribution in [0.4, 0.5) is 0 Å². The van der Waals surface area contributed by atoms with E-state index in [1.54, 1.807) is 12.1 Å². The Bertz CT molecular complexity index is 346. The molecule has 0 radical (unpaired) electrons. The minimum atomic E-state index is 0.152. The number of nitrogens with two attached hydrogens (primary N) is 1. The third-order valence-electron chi connectivity index (χ3n) is 3.57. The molecule has 82 valence electrons. The average molecular weight is 205 g/mol. The fourth-order valence-electron chi connectivity index (χ4n) is 2.51. The van der Waals surface area contributed by atoms with Gasteiger partial charge in [0.2, 0.25) is 0 Å². The van der Waals surface area contributed by atoms with Gasteiger partial charge in [-0.25, -0.2) is 0 Å². The number of hydrogen-bond donors (Lipinski definition) is 2. The lowest BCUT2D eigenvalue weighted by Crippen LogP contribution is -2.28. The largest absolute Gasteiger partial charge is 0.508 e. The first-order valence-corrected chi connectivity index (χ1v) is 5.65. The molecule has 2 nitrogen and oxygen atoms in total. The maximum atomic E-state index is 9.47. The minimum absolute atomic E-state index is 0.152. The zero-order chi connectivity index (χ0) is 11.0. The van der Waals surface area contributed by atoms with Gasteiger partial charge in [0.15, 0.2) is 0 Å². The summed E-state index contributed by atoms with van der Waals surface area (Å²) in [5.74, 6) is 0.988. The highest BCUT2D eigenvalue weighted by Crippen LogP contribution is 2.38. The fraction of sp³-hybridized carbons (Fsp3) is 0.538. The van der Waals surface area contributed by atoms with E-state index in [4.69, 9.17) is 5.73 Å². The van der Waals surface area contributed by atoms with E-state index in [0.717, 1.165) is 11.1 Å². The van der Waals surface area contributed by atoms with Crippen molar-refractivity contribution in [2.75, 3.05) is 0 Å². The quantitative estimate of drug-likeness (QED) is 0.779. The maximum absolute atomic E-state index is 9.47. The van der Waals surface area contributed by atoms with Crippen molar-refractivity contribution in [3.63, 3.8) is 0 Å². The van der Waals surface area contributed by atoms with Crippen LogP contribution in [0.1, 0.15) is 42.0 Å². The molecule has 0 aliphatic heterocycles. The van der Waals surface area contributed by atoms with Crippen molar-refractivity contribution in [3.8, 4) is 5.75 Å². The maximum Gasteiger partial charge on any atom is 0.116 e. The van der Waals surface area contributed by atoms with Crippen LogP contribution >= 0.6 is 0 Å². The fourth-order valence-corrected chi connectivity index (χ4v) is 2.51. The molecule has 2 heteroatoms. The monoisotopic (exact) mass is 205 g/mol. The molecule has 0 saturated heterocycles. The highest BCUT2D eigenvalue weighted by Gasteiger charge is 2.27. The van der Waals surface area contributed by atoms with Crippen LogP contribution in [0.5, 0.6) is 5.75 Å². The first kappa shape index (κ1) is 10.5. The highest BCUT2D eigenvalue weighted by molar-refractivity contribution is 5.42. The minimum Gasteiger partial charge on any atom is -0.508 e. The second-order valence-corrected chi connectivity index (χ2v) is 4.71. The van der Waals surface area contributed by atoms with Crippen LogP contribution < -0.4 is 5.73 Å². The summed E-state index contributed by atoms with van der Waals surface area (Å²) in [5, 5.41) is 9.47. The number of aryl methyl sites for hydroxylation is 2. The second kappa shape index (κ2) is 3.86. The van der Waals surface area contributed by atoms with E-state index >= 15 is 0 Å². The van der Waals surface area contributed by atoms with Crippen molar-refractivity contribution in [1.82, 2.24) is 0 Å². The smallest absolute Gasteiger partial charge is 0.116 e. The molecule has 1 aromatic carbocycles. The third kappa shape index (κ3) is 1.86. The predicted octanol–water partition coefficient (Wildman–Crippen LogP) is 2.81. The first-order valence-electron chi connectivity index (χ1n) is 5.65. The summed E-state index contributed by atoms with van der Waals surface area (Å²) in [6, 6.07) is 3.76. The summed E-state index contributed by atoms with van der Waals surface area (Å²) in [6.45, 7) is 4.06. The Kier molecular flexibility index (Phi) is 2.70. The predicted molar refractivity (Wildman–Crippen MR) is 61.9 cm³/mol. The van der Waals surface area contributed by atoms with E-state index in [1.807, 2.05) is 13.8 Å². The average Bonchev–Trinajstić information content (AvgIpc) is 1.97. The molecular weight excluding hydrogens is 186 g/mol. The van der Waals surface area contributed by atoms with Gasteiger partial charge in [0.05, 0.1) is 0 Å². The number of phenols is 1. The van der Waals surface area contributed by atoms with Crippen molar-refractivity contribution < 1.29 is 5.11 Å². The van der Waals surface area contributed by atoms with Crippen LogP contribution in [0.15, 0.2) is 12.1 Å². The van der Waals surface area contributed by atoms with Crippen molar-refractivity contribution in [3.05, 3.63) is 28.8 Å². The molecule has 3 N–H and O–H groups in total. The molecule has 15 heavy (non-hydrogen) atoms. The van der Waals surface area contributed by atoms with Crippen molar-refractivity contribution in [2.24, 2.45) is 11.7 Å². The van der Waals surface area contributed by atoms with E-state index in [2.05, 4.69) is 0 Å². The summed E-state index contributed by atoms with van der Waals surface area (Å²) < 4.78 is 0. The summed E-state index contributed by atoms with van der Waals surface area (Å²) in [7, 11) is 0. The Morgan fingerprint density at radius 3 is 2.20 bits per heavy atom. The molecule has 0 spiro atoms. The topological polar surface area (TPSA) is 46.2 Å². The van der Waals surface area contributed by atoms with Gasteiger partial charge in [-0.1, -0.05) is 6.42 Å². The van der Waals surface area contributed by atoms with Crippen LogP contribution in [-0.2, 0) is 0 Å². The number of hydrogen-bond acceptors (Lipinski definition) is 2. The van der Waals surface area contributed by atoms with Crippen molar-refractivity contribution in [1.29, 1.82) is 0 Å². The molecule has 1 saturated carbocycles. The van der Waals surface area contributed by atoms with Gasteiger partial charge in [0.25, 0.3) is 0 Å². The van der Waals surface area contributed by atoms with Crippen molar-refractivity contribution >= 4 is 0 Å². The SMILES string of the molecule is Cc1cc(O)cc(C)c1[C@H](N)C1CCC1. The lowest BCUT2D eigenvalue weighted by Gasteiger charge is -2.33. The van der Waals surface area contributed by atoms with E-state index in [1.165, 1.54) is 24.8 Å². The Morgan fingerprint density at radius 1 is 1.27 bits per heavy atom. The standard InChI is InChI=1S/C13H19NO/c1-8-6-11(15)7-9(2)12(8)13(14)10-4-3-5-10/h6-7,10,13,15H,3-5,14H2,1-2H3/t13-/m1/s1. The second-order valence-electron chi connectivity index (χ2n) is 4.71. The highest BCUT2D eigenvalue weighted by atomic mass is 16.3. The van der Waals surface area contributed by atoms with Gasteiger partial charge >= 0.3 is 0 Å². The lowest BCUT2D eigenvalue weighted by molar-refractivity contribution is 0.263. The molecule has 0 bridgehead atoms. The van der Waals surface area contributed by atoms with E-state index < -0.39 is 0 Å². The van der Waals surface area contributed by atoms with E-state index in [-0.39, 0.29) is 6.04 Å². The zero-order valence-electron chi connectivity index (χ0n) is 9.46. The van der Waals surface area contributed by atoms with Crippen molar-refractivity contribution in [2.45, 2.75) is 39.2 Å². The van der Waals surface area contributed by atoms with Gasteiger partial charge < -0.3 is 10.8 Å². The molecule has 1 aromatic rings. The molecule has 1 aliphatic carbocycles. The van der Waals surface area contributed by atoms with Gasteiger partial charge in [0.1, 0.15) is 5.75 Å². The molecule has 0 unspecified atom stereocenters. The van der Waals surface area contributed by atoms with Crippen LogP contribution in [0, 0.1) is 19.8 Å². The Labute approximate surface area is 91.1 Å².